The Bertz CT molecular complexity index is 204. The van der Waals surface area contributed by atoms with Crippen molar-refractivity contribution in [3.05, 3.63) is 0 Å². The molecule has 1 saturated heterocycles. The lowest BCUT2D eigenvalue weighted by atomic mass is 10.2. The summed E-state index contributed by atoms with van der Waals surface area (Å²) in [6.07, 6.45) is 1.29. The standard InChI is InChI=1S/C8H13NO4/c10-7-5-13-6-9(7)4-2-1-3-8(11)12/h1-6H2,(H,11,12)/p-1. The zero-order valence-corrected chi connectivity index (χ0v) is 7.32. The van der Waals surface area contributed by atoms with Crippen molar-refractivity contribution < 1.29 is 19.4 Å². The summed E-state index contributed by atoms with van der Waals surface area (Å²) in [5.74, 6) is -1.06. The van der Waals surface area contributed by atoms with E-state index in [9.17, 15) is 14.7 Å². The van der Waals surface area contributed by atoms with Crippen LogP contribution < -0.4 is 5.11 Å². The predicted molar refractivity (Wildman–Crippen MR) is 41.4 cm³/mol. The second kappa shape index (κ2) is 4.81. The Morgan fingerprint density at radius 1 is 1.54 bits per heavy atom. The van der Waals surface area contributed by atoms with Gasteiger partial charge in [0, 0.05) is 12.5 Å². The summed E-state index contributed by atoms with van der Waals surface area (Å²) in [6, 6.07) is 0. The van der Waals surface area contributed by atoms with Gasteiger partial charge < -0.3 is 19.5 Å². The van der Waals surface area contributed by atoms with Crippen LogP contribution in [0.2, 0.25) is 0 Å². The van der Waals surface area contributed by atoms with E-state index in [1.54, 1.807) is 4.90 Å². The Morgan fingerprint density at radius 3 is 2.85 bits per heavy atom. The first-order valence-corrected chi connectivity index (χ1v) is 4.25. The highest BCUT2D eigenvalue weighted by molar-refractivity contribution is 5.78. The van der Waals surface area contributed by atoms with Gasteiger partial charge in [0.25, 0.3) is 0 Å². The van der Waals surface area contributed by atoms with Gasteiger partial charge in [-0.1, -0.05) is 0 Å². The van der Waals surface area contributed by atoms with Crippen LogP contribution in [0.1, 0.15) is 19.3 Å². The molecule has 1 aliphatic heterocycles. The van der Waals surface area contributed by atoms with E-state index in [1.165, 1.54) is 0 Å². The lowest BCUT2D eigenvalue weighted by molar-refractivity contribution is -0.305. The van der Waals surface area contributed by atoms with E-state index in [4.69, 9.17) is 4.74 Å². The Labute approximate surface area is 76.3 Å². The molecule has 0 radical (unpaired) electrons. The number of carboxylic acid groups (broad SMARTS) is 1. The summed E-state index contributed by atoms with van der Waals surface area (Å²) >= 11 is 0. The summed E-state index contributed by atoms with van der Waals surface area (Å²) < 4.78 is 4.90. The van der Waals surface area contributed by atoms with Gasteiger partial charge in [-0.25, -0.2) is 0 Å². The molecule has 0 aromatic rings. The molecule has 1 rings (SSSR count). The van der Waals surface area contributed by atoms with Crippen molar-refractivity contribution in [2.45, 2.75) is 19.3 Å². The summed E-state index contributed by atoms with van der Waals surface area (Å²) in [4.78, 5) is 22.6. The molecule has 1 amide bonds. The Morgan fingerprint density at radius 2 is 2.31 bits per heavy atom. The fraction of sp³-hybridized carbons (Fsp3) is 0.750. The van der Waals surface area contributed by atoms with Crippen molar-refractivity contribution in [2.75, 3.05) is 19.9 Å². The smallest absolute Gasteiger partial charge is 0.250 e. The van der Waals surface area contributed by atoms with Gasteiger partial charge in [0.15, 0.2) is 0 Å². The van der Waals surface area contributed by atoms with Gasteiger partial charge in [0.1, 0.15) is 13.3 Å². The van der Waals surface area contributed by atoms with E-state index in [2.05, 4.69) is 0 Å². The third kappa shape index (κ3) is 3.42. The van der Waals surface area contributed by atoms with Gasteiger partial charge in [-0.3, -0.25) is 4.79 Å². The monoisotopic (exact) mass is 186 g/mol. The fourth-order valence-electron chi connectivity index (χ4n) is 1.17. The number of hydrogen-bond acceptors (Lipinski definition) is 4. The quantitative estimate of drug-likeness (QED) is 0.501. The van der Waals surface area contributed by atoms with Crippen LogP contribution in [0.5, 0.6) is 0 Å². The number of hydrogen-bond donors (Lipinski definition) is 0. The van der Waals surface area contributed by atoms with Crippen molar-refractivity contribution in [1.29, 1.82) is 0 Å². The molecule has 1 heterocycles. The highest BCUT2D eigenvalue weighted by atomic mass is 16.5. The molecule has 0 aliphatic carbocycles. The third-order valence-electron chi connectivity index (χ3n) is 1.88. The third-order valence-corrected chi connectivity index (χ3v) is 1.88. The van der Waals surface area contributed by atoms with Crippen molar-refractivity contribution in [3.63, 3.8) is 0 Å². The van der Waals surface area contributed by atoms with Gasteiger partial charge >= 0.3 is 0 Å². The summed E-state index contributed by atoms with van der Waals surface area (Å²) in [7, 11) is 0. The molecule has 1 aliphatic rings. The summed E-state index contributed by atoms with van der Waals surface area (Å²) in [5.41, 5.74) is 0. The van der Waals surface area contributed by atoms with E-state index in [-0.39, 0.29) is 18.9 Å². The van der Waals surface area contributed by atoms with Crippen LogP contribution in [-0.4, -0.2) is 36.7 Å². The summed E-state index contributed by atoms with van der Waals surface area (Å²) in [6.45, 7) is 1.07. The number of rotatable bonds is 5. The van der Waals surface area contributed by atoms with Crippen LogP contribution in [-0.2, 0) is 14.3 Å². The van der Waals surface area contributed by atoms with Crippen molar-refractivity contribution >= 4 is 11.9 Å². The second-order valence-corrected chi connectivity index (χ2v) is 2.96. The highest BCUT2D eigenvalue weighted by Gasteiger charge is 2.19. The van der Waals surface area contributed by atoms with Crippen molar-refractivity contribution in [3.8, 4) is 0 Å². The Hall–Kier alpha value is -1.10. The van der Waals surface area contributed by atoms with Crippen molar-refractivity contribution in [2.24, 2.45) is 0 Å². The van der Waals surface area contributed by atoms with Crippen LogP contribution >= 0.6 is 0 Å². The van der Waals surface area contributed by atoms with E-state index in [0.29, 0.717) is 26.1 Å². The van der Waals surface area contributed by atoms with Gasteiger partial charge in [-0.05, 0) is 19.3 Å². The van der Waals surface area contributed by atoms with E-state index in [0.717, 1.165) is 0 Å². The molecule has 5 heteroatoms. The minimum Gasteiger partial charge on any atom is -0.550 e. The van der Waals surface area contributed by atoms with Crippen molar-refractivity contribution in [1.82, 2.24) is 4.90 Å². The Kier molecular flexibility index (Phi) is 3.70. The van der Waals surface area contributed by atoms with Crippen LogP contribution in [0.15, 0.2) is 0 Å². The number of ether oxygens (including phenoxy) is 1. The average molecular weight is 186 g/mol. The number of nitrogens with zero attached hydrogens (tertiary/aromatic N) is 1. The van der Waals surface area contributed by atoms with Gasteiger partial charge in [-0.15, -0.1) is 0 Å². The molecule has 0 aromatic carbocycles. The average Bonchev–Trinajstić information content (AvgIpc) is 2.45. The number of aliphatic carboxylic acids is 1. The maximum absolute atomic E-state index is 11.0. The lowest BCUT2D eigenvalue weighted by Gasteiger charge is -2.12. The van der Waals surface area contributed by atoms with E-state index < -0.39 is 5.97 Å². The first kappa shape index (κ1) is 9.98. The molecule has 0 N–H and O–H groups in total. The first-order valence-electron chi connectivity index (χ1n) is 4.25. The fourth-order valence-corrected chi connectivity index (χ4v) is 1.17. The molecule has 0 aromatic heterocycles. The van der Waals surface area contributed by atoms with Gasteiger partial charge in [0.2, 0.25) is 5.91 Å². The lowest BCUT2D eigenvalue weighted by Crippen LogP contribution is -2.27. The van der Waals surface area contributed by atoms with Gasteiger partial charge in [-0.2, -0.15) is 0 Å². The number of carboxylic acids is 1. The number of carbonyl (C=O) groups excluding carboxylic acids is 2. The zero-order chi connectivity index (χ0) is 9.68. The maximum Gasteiger partial charge on any atom is 0.250 e. The van der Waals surface area contributed by atoms with Gasteiger partial charge in [0.05, 0.1) is 0 Å². The molecular weight excluding hydrogens is 174 g/mol. The highest BCUT2D eigenvalue weighted by Crippen LogP contribution is 2.04. The molecule has 0 unspecified atom stereocenters. The van der Waals surface area contributed by atoms with Crippen LogP contribution in [0.3, 0.4) is 0 Å². The molecule has 1 fully saturated rings. The molecule has 0 saturated carbocycles. The molecule has 0 spiro atoms. The maximum atomic E-state index is 11.0. The van der Waals surface area contributed by atoms with Crippen LogP contribution in [0.25, 0.3) is 0 Å². The number of unbranched alkanes of at least 4 members (excludes halogenated alkanes) is 1. The molecule has 5 nitrogen and oxygen atoms in total. The topological polar surface area (TPSA) is 69.7 Å². The minimum atomic E-state index is -1.04. The van der Waals surface area contributed by atoms with Crippen LogP contribution in [0, 0.1) is 0 Å². The number of carbonyl (C=O) groups is 2. The summed E-state index contributed by atoms with van der Waals surface area (Å²) in [5, 5.41) is 10.0. The molecule has 0 atom stereocenters. The molecule has 74 valence electrons. The molecular formula is C8H12NO4-. The minimum absolute atomic E-state index is 0.0200. The largest absolute Gasteiger partial charge is 0.550 e. The number of amides is 1. The predicted octanol–water partition coefficient (Wildman–Crippen LogP) is -1.28. The molecule has 0 bridgehead atoms. The second-order valence-electron chi connectivity index (χ2n) is 2.96. The van der Waals surface area contributed by atoms with E-state index in [1.807, 2.05) is 0 Å². The molecule has 13 heavy (non-hydrogen) atoms. The zero-order valence-electron chi connectivity index (χ0n) is 7.32. The first-order chi connectivity index (χ1) is 6.20. The SMILES string of the molecule is O=C([O-])CCCCN1COCC1=O. The Balaban J connectivity index is 2.05. The van der Waals surface area contributed by atoms with E-state index >= 15 is 0 Å². The normalized spacial score (nSPS) is 16.6. The van der Waals surface area contributed by atoms with Crippen LogP contribution in [0.4, 0.5) is 0 Å².